The number of carbonyl (C=O) groups is 4. The molecule has 0 aromatic rings. The summed E-state index contributed by atoms with van der Waals surface area (Å²) in [6.07, 6.45) is 79.7. The SMILES string of the molecule is CC/C=C\C/C=C\C/C=C\C/C=C\C/C=C\C/C=C\CCC(=O)O[C@H](COC(=O)CCCCCCCCCCCCCCC)COP(=O)(O)OC[C@H](O)COP(=O)(O)OC[C@@H](COC(=O)CCCCCCCCC/C=C\CCCCCC)OC(=O)CCCCCCCCC/C=C\CCCCCC. The molecule has 0 fully saturated rings. The van der Waals surface area contributed by atoms with Crippen LogP contribution >= 0.6 is 15.6 Å². The molecule has 0 saturated heterocycles. The first-order valence-electron chi connectivity index (χ1n) is 40.5. The topological polar surface area (TPSA) is 237 Å². The fourth-order valence-electron chi connectivity index (χ4n) is 10.9. The number of allylic oxidation sites excluding steroid dienone is 16. The molecule has 0 spiro atoms. The van der Waals surface area contributed by atoms with Crippen molar-refractivity contribution in [2.24, 2.45) is 0 Å². The van der Waals surface area contributed by atoms with Gasteiger partial charge in [-0.1, -0.05) is 305 Å². The van der Waals surface area contributed by atoms with E-state index in [0.29, 0.717) is 32.1 Å². The van der Waals surface area contributed by atoms with Crippen LogP contribution in [0.5, 0.6) is 0 Å². The van der Waals surface area contributed by atoms with E-state index in [9.17, 15) is 43.2 Å². The number of ether oxygens (including phenoxy) is 4. The van der Waals surface area contributed by atoms with Gasteiger partial charge in [0, 0.05) is 25.7 Å². The number of hydrogen-bond donors (Lipinski definition) is 3. The summed E-state index contributed by atoms with van der Waals surface area (Å²) in [5, 5.41) is 10.6. The van der Waals surface area contributed by atoms with Crippen LogP contribution in [0.4, 0.5) is 0 Å². The second-order valence-electron chi connectivity index (χ2n) is 27.0. The van der Waals surface area contributed by atoms with Crippen LogP contribution in [0.15, 0.2) is 97.2 Å². The van der Waals surface area contributed by atoms with E-state index in [1.165, 1.54) is 122 Å². The van der Waals surface area contributed by atoms with Gasteiger partial charge in [0.05, 0.1) is 26.4 Å². The molecular weight excluding hydrogens is 1330 g/mol. The van der Waals surface area contributed by atoms with Gasteiger partial charge >= 0.3 is 39.5 Å². The fraction of sp³-hybridized carbons (Fsp3) is 0.759. The van der Waals surface area contributed by atoms with Crippen LogP contribution in [0.3, 0.4) is 0 Å². The molecule has 0 saturated carbocycles. The van der Waals surface area contributed by atoms with Crippen LogP contribution in [-0.4, -0.2) is 96.7 Å². The Bertz CT molecular complexity index is 2310. The van der Waals surface area contributed by atoms with Gasteiger partial charge < -0.3 is 33.8 Å². The van der Waals surface area contributed by atoms with Crippen LogP contribution in [0.2, 0.25) is 0 Å². The highest BCUT2D eigenvalue weighted by molar-refractivity contribution is 7.47. The molecule has 0 radical (unpaired) electrons. The van der Waals surface area contributed by atoms with E-state index in [2.05, 4.69) is 107 Å². The minimum absolute atomic E-state index is 0.0282. The van der Waals surface area contributed by atoms with E-state index in [4.69, 9.17) is 37.0 Å². The molecule has 0 aromatic carbocycles. The predicted molar refractivity (Wildman–Crippen MR) is 418 cm³/mol. The molecule has 0 aliphatic rings. The van der Waals surface area contributed by atoms with Crippen molar-refractivity contribution in [3.05, 3.63) is 97.2 Å². The first-order valence-corrected chi connectivity index (χ1v) is 43.5. The van der Waals surface area contributed by atoms with Gasteiger partial charge in [-0.15, -0.1) is 0 Å². The Morgan fingerprint density at radius 3 is 0.853 bits per heavy atom. The first kappa shape index (κ1) is 98.0. The smallest absolute Gasteiger partial charge is 0.462 e. The van der Waals surface area contributed by atoms with Crippen molar-refractivity contribution in [1.29, 1.82) is 0 Å². The van der Waals surface area contributed by atoms with Gasteiger partial charge in [0.25, 0.3) is 0 Å². The van der Waals surface area contributed by atoms with E-state index in [-0.39, 0.29) is 25.7 Å². The summed E-state index contributed by atoms with van der Waals surface area (Å²) in [7, 11) is -9.97. The van der Waals surface area contributed by atoms with E-state index >= 15 is 0 Å². The number of phosphoric acid groups is 2. The molecule has 3 N–H and O–H groups in total. The first-order chi connectivity index (χ1) is 49.7. The third-order valence-electron chi connectivity index (χ3n) is 17.0. The molecule has 17 nitrogen and oxygen atoms in total. The van der Waals surface area contributed by atoms with Gasteiger partial charge in [-0.3, -0.25) is 37.3 Å². The number of phosphoric ester groups is 2. The van der Waals surface area contributed by atoms with Crippen molar-refractivity contribution >= 4 is 39.5 Å². The summed E-state index contributed by atoms with van der Waals surface area (Å²) >= 11 is 0. The van der Waals surface area contributed by atoms with Crippen molar-refractivity contribution < 1.29 is 80.2 Å². The second kappa shape index (κ2) is 75.2. The molecule has 0 heterocycles. The van der Waals surface area contributed by atoms with Crippen LogP contribution in [0, 0.1) is 0 Å². The molecule has 2 unspecified atom stereocenters. The molecule has 0 aliphatic carbocycles. The van der Waals surface area contributed by atoms with E-state index in [0.717, 1.165) is 141 Å². The van der Waals surface area contributed by atoms with Gasteiger partial charge in [0.2, 0.25) is 0 Å². The molecule has 0 bridgehead atoms. The number of unbranched alkanes of at least 4 members (excludes halogenated alkanes) is 34. The molecule has 19 heteroatoms. The van der Waals surface area contributed by atoms with Crippen molar-refractivity contribution in [1.82, 2.24) is 0 Å². The maximum absolute atomic E-state index is 13.1. The third kappa shape index (κ3) is 74.3. The average molecular weight is 1480 g/mol. The zero-order valence-corrected chi connectivity index (χ0v) is 66.3. The lowest BCUT2D eigenvalue weighted by atomic mass is 10.0. The Kier molecular flexibility index (Phi) is 72.3. The lowest BCUT2D eigenvalue weighted by Crippen LogP contribution is -2.30. The highest BCUT2D eigenvalue weighted by atomic mass is 31.2. The number of aliphatic hydroxyl groups is 1. The minimum atomic E-state index is -4.99. The van der Waals surface area contributed by atoms with Crippen LogP contribution < -0.4 is 0 Å². The number of rotatable bonds is 76. The number of hydrogen-bond acceptors (Lipinski definition) is 15. The van der Waals surface area contributed by atoms with Gasteiger partial charge in [-0.25, -0.2) is 9.13 Å². The molecule has 0 rings (SSSR count). The van der Waals surface area contributed by atoms with Gasteiger partial charge in [-0.05, 0) is 116 Å². The van der Waals surface area contributed by atoms with E-state index in [1.807, 2.05) is 18.2 Å². The Morgan fingerprint density at radius 2 is 0.529 bits per heavy atom. The zero-order valence-electron chi connectivity index (χ0n) is 64.5. The number of aliphatic hydroxyl groups excluding tert-OH is 1. The summed E-state index contributed by atoms with van der Waals surface area (Å²) in [4.78, 5) is 73.0. The predicted octanol–water partition coefficient (Wildman–Crippen LogP) is 23.6. The highest BCUT2D eigenvalue weighted by Crippen LogP contribution is 2.45. The Labute approximate surface area is 620 Å². The fourth-order valence-corrected chi connectivity index (χ4v) is 12.5. The van der Waals surface area contributed by atoms with Gasteiger partial charge in [-0.2, -0.15) is 0 Å². The molecule has 0 amide bonds. The normalized spacial score (nSPS) is 14.4. The summed E-state index contributed by atoms with van der Waals surface area (Å²) < 4.78 is 68.5. The molecule has 102 heavy (non-hydrogen) atoms. The van der Waals surface area contributed by atoms with Crippen LogP contribution in [0.25, 0.3) is 0 Å². The molecular formula is C83H146O17P2. The zero-order chi connectivity index (χ0) is 74.6. The Hall–Kier alpha value is -4.02. The monoisotopic (exact) mass is 1480 g/mol. The van der Waals surface area contributed by atoms with E-state index in [1.54, 1.807) is 0 Å². The number of carbonyl (C=O) groups excluding carboxylic acids is 4. The minimum Gasteiger partial charge on any atom is -0.462 e. The Balaban J connectivity index is 5.41. The maximum atomic E-state index is 13.1. The van der Waals surface area contributed by atoms with Gasteiger partial charge in [0.15, 0.2) is 12.2 Å². The van der Waals surface area contributed by atoms with Crippen molar-refractivity contribution in [2.45, 2.75) is 367 Å². The quantitative estimate of drug-likeness (QED) is 0.0169. The number of esters is 4. The summed E-state index contributed by atoms with van der Waals surface area (Å²) in [5.41, 5.74) is 0. The molecule has 590 valence electrons. The van der Waals surface area contributed by atoms with Gasteiger partial charge in [0.1, 0.15) is 19.3 Å². The van der Waals surface area contributed by atoms with Crippen LogP contribution in [0.1, 0.15) is 349 Å². The van der Waals surface area contributed by atoms with Crippen molar-refractivity contribution in [3.63, 3.8) is 0 Å². The maximum Gasteiger partial charge on any atom is 0.472 e. The molecule has 5 atom stereocenters. The largest absolute Gasteiger partial charge is 0.472 e. The lowest BCUT2D eigenvalue weighted by molar-refractivity contribution is -0.161. The van der Waals surface area contributed by atoms with E-state index < -0.39 is 97.5 Å². The summed E-state index contributed by atoms with van der Waals surface area (Å²) in [5.74, 6) is -2.26. The summed E-state index contributed by atoms with van der Waals surface area (Å²) in [6.45, 7) is 4.69. The standard InChI is InChI=1S/C83H146O17P2/c1-5-9-13-17-21-25-29-33-36-37-38-39-42-46-50-54-58-62-66-70-83(88)100-78(73-93-80(85)67-63-59-55-51-47-43-32-28-24-20-16-12-8-4)75-97-101(89,90)95-71-77(84)72-96-102(91,92)98-76-79(99-82(87)69-65-61-57-53-49-45-41-35-31-27-23-19-15-11-7-3)74-94-81(86)68-64-60-56-52-48-44-40-34-30-26-22-18-14-10-6-2/h9,13,21,25-27,30-31,33,36,38-39,46,50,58,62,77-79,84H,5-8,10-12,14-20,22-24,28-29,32,34-35,37,40-45,47-49,51-57,59-61,63-76H2,1-4H3,(H,89,90)(H,91,92)/b13-9-,25-21-,30-26-,31-27-,36-33-,39-38-,50-46-,62-58-/t77-,78+,79+/m0/s1. The molecule has 0 aliphatic heterocycles. The highest BCUT2D eigenvalue weighted by Gasteiger charge is 2.30. The average Bonchev–Trinajstić information content (AvgIpc) is 0.924. The molecule has 0 aromatic heterocycles. The lowest BCUT2D eigenvalue weighted by Gasteiger charge is -2.21. The van der Waals surface area contributed by atoms with Crippen molar-refractivity contribution in [3.8, 4) is 0 Å². The van der Waals surface area contributed by atoms with Crippen molar-refractivity contribution in [2.75, 3.05) is 39.6 Å². The second-order valence-corrected chi connectivity index (χ2v) is 29.9. The summed E-state index contributed by atoms with van der Waals surface area (Å²) in [6, 6.07) is 0. The van der Waals surface area contributed by atoms with Crippen LogP contribution in [-0.2, 0) is 65.4 Å². The third-order valence-corrected chi connectivity index (χ3v) is 18.9. The Morgan fingerprint density at radius 1 is 0.284 bits per heavy atom.